The quantitative estimate of drug-likeness (QED) is 0.817. The average molecular weight is 241 g/mol. The van der Waals surface area contributed by atoms with Gasteiger partial charge >= 0.3 is 0 Å². The van der Waals surface area contributed by atoms with Crippen molar-refractivity contribution in [1.29, 1.82) is 0 Å². The molecule has 0 radical (unpaired) electrons. The number of hydrogen-bond acceptors (Lipinski definition) is 2. The molecular weight excluding hydrogens is 210 g/mol. The molecule has 17 heavy (non-hydrogen) atoms. The Kier molecular flexibility index (Phi) is 4.01. The fraction of sp³-hybridized carbons (Fsp3) is 1.00. The molecule has 0 aromatic carbocycles. The fourth-order valence-electron chi connectivity index (χ4n) is 2.94. The molecule has 2 heteroatoms. The zero-order chi connectivity index (χ0) is 13.5. The topological polar surface area (TPSA) is 35.2 Å². The molecule has 0 aromatic rings. The zero-order valence-corrected chi connectivity index (χ0v) is 12.8. The first-order valence-corrected chi connectivity index (χ1v) is 6.90. The van der Waals surface area contributed by atoms with Gasteiger partial charge in [-0.1, -0.05) is 20.8 Å². The lowest BCUT2D eigenvalue weighted by Gasteiger charge is -2.31. The van der Waals surface area contributed by atoms with E-state index < -0.39 is 0 Å². The van der Waals surface area contributed by atoms with E-state index in [0.29, 0.717) is 5.92 Å². The van der Waals surface area contributed by atoms with Gasteiger partial charge in [0.1, 0.15) is 0 Å². The van der Waals surface area contributed by atoms with Gasteiger partial charge in [-0.25, -0.2) is 0 Å². The Morgan fingerprint density at radius 2 is 1.76 bits per heavy atom. The van der Waals surface area contributed by atoms with Crippen molar-refractivity contribution in [1.82, 2.24) is 0 Å². The molecule has 0 aromatic heterocycles. The highest BCUT2D eigenvalue weighted by atomic mass is 16.5. The Morgan fingerprint density at radius 3 is 2.12 bits per heavy atom. The summed E-state index contributed by atoms with van der Waals surface area (Å²) in [5.74, 6) is 0.630. The SMILES string of the molecule is CC1(C)CC(CCC(N)C(C)(C)C)C(C)(C)O1. The van der Waals surface area contributed by atoms with Crippen molar-refractivity contribution in [3.05, 3.63) is 0 Å². The largest absolute Gasteiger partial charge is 0.369 e. The van der Waals surface area contributed by atoms with Crippen LogP contribution < -0.4 is 5.73 Å². The standard InChI is InChI=1S/C15H31NO/c1-13(2,3)12(16)9-8-11-10-14(4,5)17-15(11,6)7/h11-12H,8-10,16H2,1-7H3. The normalized spacial score (nSPS) is 29.3. The highest BCUT2D eigenvalue weighted by molar-refractivity contribution is 4.94. The second-order valence-electron chi connectivity index (χ2n) is 7.92. The molecule has 0 bridgehead atoms. The van der Waals surface area contributed by atoms with Crippen LogP contribution in [0.4, 0.5) is 0 Å². The van der Waals surface area contributed by atoms with Crippen LogP contribution in [0.1, 0.15) is 67.7 Å². The van der Waals surface area contributed by atoms with E-state index >= 15 is 0 Å². The fourth-order valence-corrected chi connectivity index (χ4v) is 2.94. The van der Waals surface area contributed by atoms with Crippen molar-refractivity contribution in [2.75, 3.05) is 0 Å². The summed E-state index contributed by atoms with van der Waals surface area (Å²) in [6, 6.07) is 0.280. The van der Waals surface area contributed by atoms with Gasteiger partial charge in [0.05, 0.1) is 11.2 Å². The van der Waals surface area contributed by atoms with Crippen molar-refractivity contribution in [3.8, 4) is 0 Å². The van der Waals surface area contributed by atoms with Crippen LogP contribution in [0.5, 0.6) is 0 Å². The summed E-state index contributed by atoms with van der Waals surface area (Å²) in [4.78, 5) is 0. The Hall–Kier alpha value is -0.0800. The first kappa shape index (κ1) is 15.0. The van der Waals surface area contributed by atoms with Crippen LogP contribution in [0, 0.1) is 11.3 Å². The van der Waals surface area contributed by atoms with Gasteiger partial charge in [-0.15, -0.1) is 0 Å². The van der Waals surface area contributed by atoms with E-state index in [1.54, 1.807) is 0 Å². The van der Waals surface area contributed by atoms with E-state index in [1.165, 1.54) is 6.42 Å². The summed E-state index contributed by atoms with van der Waals surface area (Å²) in [6.07, 6.45) is 3.42. The molecule has 2 atom stereocenters. The molecule has 1 rings (SSSR count). The summed E-state index contributed by atoms with van der Waals surface area (Å²) in [7, 11) is 0. The number of rotatable bonds is 3. The summed E-state index contributed by atoms with van der Waals surface area (Å²) in [5, 5.41) is 0. The highest BCUT2D eigenvalue weighted by Gasteiger charge is 2.45. The molecule has 1 fully saturated rings. The summed E-state index contributed by atoms with van der Waals surface area (Å²) in [5.41, 5.74) is 6.48. The Morgan fingerprint density at radius 1 is 1.24 bits per heavy atom. The molecule has 0 saturated carbocycles. The van der Waals surface area contributed by atoms with Gasteiger partial charge in [-0.2, -0.15) is 0 Å². The van der Waals surface area contributed by atoms with Crippen molar-refractivity contribution in [2.24, 2.45) is 17.1 Å². The van der Waals surface area contributed by atoms with Crippen LogP contribution in [0.15, 0.2) is 0 Å². The minimum Gasteiger partial charge on any atom is -0.369 e. The van der Waals surface area contributed by atoms with Crippen LogP contribution in [-0.4, -0.2) is 17.2 Å². The molecule has 2 nitrogen and oxygen atoms in total. The summed E-state index contributed by atoms with van der Waals surface area (Å²) < 4.78 is 6.13. The van der Waals surface area contributed by atoms with Crippen molar-refractivity contribution >= 4 is 0 Å². The van der Waals surface area contributed by atoms with Crippen LogP contribution in [-0.2, 0) is 4.74 Å². The van der Waals surface area contributed by atoms with Crippen LogP contribution in [0.25, 0.3) is 0 Å². The molecule has 1 heterocycles. The smallest absolute Gasteiger partial charge is 0.0662 e. The van der Waals surface area contributed by atoms with Gasteiger partial charge in [0.15, 0.2) is 0 Å². The molecule has 0 spiro atoms. The van der Waals surface area contributed by atoms with Crippen molar-refractivity contribution < 1.29 is 4.74 Å². The predicted molar refractivity (Wildman–Crippen MR) is 74.0 cm³/mol. The monoisotopic (exact) mass is 241 g/mol. The van der Waals surface area contributed by atoms with E-state index in [-0.39, 0.29) is 22.7 Å². The lowest BCUT2D eigenvalue weighted by Crippen LogP contribution is -2.36. The maximum atomic E-state index is 6.24. The van der Waals surface area contributed by atoms with E-state index in [1.807, 2.05) is 0 Å². The highest BCUT2D eigenvalue weighted by Crippen LogP contribution is 2.44. The zero-order valence-electron chi connectivity index (χ0n) is 12.8. The minimum absolute atomic E-state index is 0.00110. The van der Waals surface area contributed by atoms with Crippen molar-refractivity contribution in [3.63, 3.8) is 0 Å². The van der Waals surface area contributed by atoms with E-state index in [0.717, 1.165) is 12.8 Å². The molecule has 1 saturated heterocycles. The van der Waals surface area contributed by atoms with Gasteiger partial charge in [-0.05, 0) is 58.3 Å². The second-order valence-corrected chi connectivity index (χ2v) is 7.92. The van der Waals surface area contributed by atoms with Gasteiger partial charge in [-0.3, -0.25) is 0 Å². The molecule has 102 valence electrons. The average Bonchev–Trinajstić information content (AvgIpc) is 2.28. The summed E-state index contributed by atoms with van der Waals surface area (Å²) >= 11 is 0. The predicted octanol–water partition coefficient (Wildman–Crippen LogP) is 3.73. The van der Waals surface area contributed by atoms with Crippen LogP contribution in [0.3, 0.4) is 0 Å². The lowest BCUT2D eigenvalue weighted by molar-refractivity contribution is -0.0755. The van der Waals surface area contributed by atoms with E-state index in [2.05, 4.69) is 48.5 Å². The molecule has 2 unspecified atom stereocenters. The molecule has 1 aliphatic rings. The van der Waals surface area contributed by atoms with Gasteiger partial charge < -0.3 is 10.5 Å². The maximum absolute atomic E-state index is 6.24. The second kappa shape index (κ2) is 4.55. The van der Waals surface area contributed by atoms with Gasteiger partial charge in [0, 0.05) is 6.04 Å². The lowest BCUT2D eigenvalue weighted by atomic mass is 9.79. The van der Waals surface area contributed by atoms with Crippen LogP contribution >= 0.6 is 0 Å². The first-order valence-electron chi connectivity index (χ1n) is 6.90. The maximum Gasteiger partial charge on any atom is 0.0662 e. The third-order valence-corrected chi connectivity index (χ3v) is 4.20. The Bertz CT molecular complexity index is 263. The minimum atomic E-state index is 0.00110. The van der Waals surface area contributed by atoms with Crippen LogP contribution in [0.2, 0.25) is 0 Å². The number of ether oxygens (including phenoxy) is 1. The molecular formula is C15H31NO. The van der Waals surface area contributed by atoms with Crippen molar-refractivity contribution in [2.45, 2.75) is 85.0 Å². The number of hydrogen-bond donors (Lipinski definition) is 1. The molecule has 2 N–H and O–H groups in total. The van der Waals surface area contributed by atoms with E-state index in [9.17, 15) is 0 Å². The molecule has 0 amide bonds. The number of nitrogens with two attached hydrogens (primary N) is 1. The van der Waals surface area contributed by atoms with E-state index in [4.69, 9.17) is 10.5 Å². The first-order chi connectivity index (χ1) is 7.44. The Labute approximate surface area is 107 Å². The molecule has 0 aliphatic carbocycles. The summed E-state index contributed by atoms with van der Waals surface area (Å²) in [6.45, 7) is 15.5. The van der Waals surface area contributed by atoms with Gasteiger partial charge in [0.25, 0.3) is 0 Å². The molecule has 1 aliphatic heterocycles. The third kappa shape index (κ3) is 3.96. The Balaban J connectivity index is 2.53. The van der Waals surface area contributed by atoms with Gasteiger partial charge in [0.2, 0.25) is 0 Å². The third-order valence-electron chi connectivity index (χ3n) is 4.20.